The molecule has 4 rings (SSSR count). The van der Waals surface area contributed by atoms with E-state index in [4.69, 9.17) is 4.98 Å². The third-order valence-corrected chi connectivity index (χ3v) is 5.16. The number of nitrogens with zero attached hydrogens (tertiary/aromatic N) is 1. The Hall–Kier alpha value is -2.17. The molecule has 0 atom stereocenters. The minimum absolute atomic E-state index is 0.231. The van der Waals surface area contributed by atoms with Gasteiger partial charge in [0, 0.05) is 10.5 Å². The topological polar surface area (TPSA) is 12.9 Å². The second kappa shape index (κ2) is 5.80. The predicted molar refractivity (Wildman–Crippen MR) is 97.7 cm³/mol. The highest BCUT2D eigenvalue weighted by Crippen LogP contribution is 2.36. The molecule has 0 aliphatic rings. The zero-order chi connectivity index (χ0) is 15.8. The number of para-hydroxylation sites is 1. The summed E-state index contributed by atoms with van der Waals surface area (Å²) in [5.74, 6) is -0.231. The third kappa shape index (κ3) is 2.76. The van der Waals surface area contributed by atoms with Crippen LogP contribution in [0.25, 0.3) is 31.9 Å². The average Bonchev–Trinajstić information content (AvgIpc) is 3.00. The summed E-state index contributed by atoms with van der Waals surface area (Å²) in [5, 5.41) is 0.945. The zero-order valence-corrected chi connectivity index (χ0v) is 13.7. The Morgan fingerprint density at radius 1 is 0.870 bits per heavy atom. The van der Waals surface area contributed by atoms with Crippen molar-refractivity contribution < 1.29 is 4.39 Å². The van der Waals surface area contributed by atoms with Crippen molar-refractivity contribution in [1.29, 1.82) is 0 Å². The van der Waals surface area contributed by atoms with Gasteiger partial charge in [-0.3, -0.25) is 0 Å². The molecule has 4 heteroatoms. The smallest absolute Gasteiger partial charge is 0.125 e. The van der Waals surface area contributed by atoms with Crippen LogP contribution in [0.3, 0.4) is 0 Å². The van der Waals surface area contributed by atoms with Crippen molar-refractivity contribution in [3.63, 3.8) is 0 Å². The highest BCUT2D eigenvalue weighted by atomic mass is 32.1. The molecule has 0 aliphatic carbocycles. The number of thiazole rings is 1. The Morgan fingerprint density at radius 2 is 1.61 bits per heavy atom. The maximum atomic E-state index is 13.1. The second-order valence-corrected chi connectivity index (χ2v) is 6.74. The van der Waals surface area contributed by atoms with Gasteiger partial charge in [0.25, 0.3) is 0 Å². The van der Waals surface area contributed by atoms with Crippen LogP contribution in [0.15, 0.2) is 71.6 Å². The highest BCUT2D eigenvalue weighted by molar-refractivity contribution is 7.80. The first kappa shape index (κ1) is 14.4. The molecule has 1 heterocycles. The summed E-state index contributed by atoms with van der Waals surface area (Å²) in [6, 6.07) is 20.6. The van der Waals surface area contributed by atoms with E-state index in [0.29, 0.717) is 0 Å². The predicted octanol–water partition coefficient (Wildman–Crippen LogP) is 6.06. The quantitative estimate of drug-likeness (QED) is 0.439. The maximum absolute atomic E-state index is 13.1. The van der Waals surface area contributed by atoms with E-state index in [1.54, 1.807) is 23.5 Å². The summed E-state index contributed by atoms with van der Waals surface area (Å²) >= 11 is 6.22. The van der Waals surface area contributed by atoms with E-state index in [0.717, 1.165) is 36.8 Å². The van der Waals surface area contributed by atoms with Gasteiger partial charge >= 0.3 is 0 Å². The summed E-state index contributed by atoms with van der Waals surface area (Å²) < 4.78 is 14.3. The Labute approximate surface area is 142 Å². The minimum Gasteiger partial charge on any atom is -0.236 e. The molecule has 1 aromatic heterocycles. The van der Waals surface area contributed by atoms with Crippen LogP contribution in [0.2, 0.25) is 0 Å². The monoisotopic (exact) mass is 337 g/mol. The molecule has 3 aromatic carbocycles. The molecule has 1 nitrogen and oxygen atoms in total. The molecule has 0 saturated heterocycles. The van der Waals surface area contributed by atoms with Gasteiger partial charge in [-0.05, 0) is 47.5 Å². The molecule has 23 heavy (non-hydrogen) atoms. The normalized spacial score (nSPS) is 11.0. The Kier molecular flexibility index (Phi) is 3.63. The van der Waals surface area contributed by atoms with Crippen LogP contribution in [0.5, 0.6) is 0 Å². The van der Waals surface area contributed by atoms with Crippen LogP contribution in [0.1, 0.15) is 0 Å². The van der Waals surface area contributed by atoms with E-state index in [1.165, 1.54) is 12.1 Å². The van der Waals surface area contributed by atoms with E-state index in [1.807, 2.05) is 30.3 Å². The summed E-state index contributed by atoms with van der Waals surface area (Å²) in [4.78, 5) is 5.59. The van der Waals surface area contributed by atoms with E-state index in [-0.39, 0.29) is 5.82 Å². The number of hydrogen-bond acceptors (Lipinski definition) is 3. The SMILES string of the molecule is Fc1ccc(-c2ccc(S)c(-c3nc4ccccc4s3)c2)cc1. The second-order valence-electron chi connectivity index (χ2n) is 5.23. The van der Waals surface area contributed by atoms with Gasteiger partial charge < -0.3 is 0 Å². The molecule has 0 aliphatic heterocycles. The van der Waals surface area contributed by atoms with Crippen molar-refractivity contribution in [2.24, 2.45) is 0 Å². The van der Waals surface area contributed by atoms with Crippen molar-refractivity contribution in [3.8, 4) is 21.7 Å². The van der Waals surface area contributed by atoms with E-state index >= 15 is 0 Å². The van der Waals surface area contributed by atoms with Crippen LogP contribution in [0.4, 0.5) is 4.39 Å². The van der Waals surface area contributed by atoms with Crippen LogP contribution in [0, 0.1) is 5.82 Å². The minimum atomic E-state index is -0.231. The first-order valence-corrected chi connectivity index (χ1v) is 8.42. The van der Waals surface area contributed by atoms with E-state index in [9.17, 15) is 4.39 Å². The molecular weight excluding hydrogens is 325 g/mol. The van der Waals surface area contributed by atoms with Gasteiger partial charge in [0.1, 0.15) is 10.8 Å². The van der Waals surface area contributed by atoms with Gasteiger partial charge in [-0.25, -0.2) is 9.37 Å². The average molecular weight is 337 g/mol. The lowest BCUT2D eigenvalue weighted by atomic mass is 10.0. The number of benzene rings is 3. The third-order valence-electron chi connectivity index (χ3n) is 3.70. The highest BCUT2D eigenvalue weighted by Gasteiger charge is 2.10. The first-order valence-electron chi connectivity index (χ1n) is 7.15. The molecule has 0 saturated carbocycles. The Bertz CT molecular complexity index is 957. The van der Waals surface area contributed by atoms with Crippen LogP contribution in [-0.4, -0.2) is 4.98 Å². The van der Waals surface area contributed by atoms with Crippen molar-refractivity contribution in [2.45, 2.75) is 4.90 Å². The largest absolute Gasteiger partial charge is 0.236 e. The molecule has 112 valence electrons. The zero-order valence-electron chi connectivity index (χ0n) is 12.0. The fraction of sp³-hybridized carbons (Fsp3) is 0. The van der Waals surface area contributed by atoms with Crippen LogP contribution >= 0.6 is 24.0 Å². The molecule has 0 radical (unpaired) electrons. The van der Waals surface area contributed by atoms with E-state index in [2.05, 4.69) is 24.8 Å². The van der Waals surface area contributed by atoms with Gasteiger partial charge in [0.05, 0.1) is 10.2 Å². The van der Waals surface area contributed by atoms with Gasteiger partial charge in [-0.2, -0.15) is 0 Å². The molecule has 4 aromatic rings. The number of hydrogen-bond donors (Lipinski definition) is 1. The van der Waals surface area contributed by atoms with Gasteiger partial charge in [-0.15, -0.1) is 24.0 Å². The molecule has 0 N–H and O–H groups in total. The molecule has 0 fully saturated rings. The Balaban J connectivity index is 1.84. The Morgan fingerprint density at radius 3 is 2.39 bits per heavy atom. The maximum Gasteiger partial charge on any atom is 0.125 e. The standard InChI is InChI=1S/C19H12FNS2/c20-14-8-5-12(6-9-14)13-7-10-17(22)15(11-13)19-21-16-3-1-2-4-18(16)23-19/h1-11,22H. The lowest BCUT2D eigenvalue weighted by Crippen LogP contribution is -1.84. The molecule has 0 amide bonds. The number of thiol groups is 1. The summed E-state index contributed by atoms with van der Waals surface area (Å²) in [7, 11) is 0. The van der Waals surface area contributed by atoms with Crippen molar-refractivity contribution in [3.05, 3.63) is 72.5 Å². The number of aromatic nitrogens is 1. The number of halogens is 1. The van der Waals surface area contributed by atoms with Crippen molar-refractivity contribution in [1.82, 2.24) is 4.98 Å². The number of fused-ring (bicyclic) bond motifs is 1. The van der Waals surface area contributed by atoms with Gasteiger partial charge in [0.15, 0.2) is 0 Å². The fourth-order valence-corrected chi connectivity index (χ4v) is 3.83. The van der Waals surface area contributed by atoms with Gasteiger partial charge in [0.2, 0.25) is 0 Å². The van der Waals surface area contributed by atoms with Gasteiger partial charge in [-0.1, -0.05) is 30.3 Å². The van der Waals surface area contributed by atoms with Crippen molar-refractivity contribution in [2.75, 3.05) is 0 Å². The fourth-order valence-electron chi connectivity index (χ4n) is 2.52. The summed E-state index contributed by atoms with van der Waals surface area (Å²) in [6.45, 7) is 0. The summed E-state index contributed by atoms with van der Waals surface area (Å²) in [6.07, 6.45) is 0. The van der Waals surface area contributed by atoms with Crippen LogP contribution in [-0.2, 0) is 0 Å². The molecule has 0 spiro atoms. The molecular formula is C19H12FNS2. The van der Waals surface area contributed by atoms with E-state index < -0.39 is 0 Å². The summed E-state index contributed by atoms with van der Waals surface area (Å²) in [5.41, 5.74) is 3.99. The molecule has 0 unspecified atom stereocenters. The van der Waals surface area contributed by atoms with Crippen molar-refractivity contribution >= 4 is 34.2 Å². The lowest BCUT2D eigenvalue weighted by molar-refractivity contribution is 0.628. The number of rotatable bonds is 2. The molecule has 0 bridgehead atoms. The van der Waals surface area contributed by atoms with Crippen LogP contribution < -0.4 is 0 Å². The lowest BCUT2D eigenvalue weighted by Gasteiger charge is -2.06. The first-order chi connectivity index (χ1) is 11.2.